The molecule has 0 aromatic carbocycles. The molecular formula is C11H16N4OS. The Labute approximate surface area is 106 Å². The molecule has 17 heavy (non-hydrogen) atoms. The van der Waals surface area contributed by atoms with Gasteiger partial charge in [0, 0.05) is 33.3 Å². The third kappa shape index (κ3) is 3.67. The van der Waals surface area contributed by atoms with Crippen LogP contribution in [0.1, 0.15) is 12.1 Å². The highest BCUT2D eigenvalue weighted by Crippen LogP contribution is 2.16. The Morgan fingerprint density at radius 1 is 1.65 bits per heavy atom. The first-order chi connectivity index (χ1) is 8.06. The molecule has 0 aliphatic rings. The second-order valence-corrected chi connectivity index (χ2v) is 4.02. The predicted octanol–water partition coefficient (Wildman–Crippen LogP) is 0.288. The highest BCUT2D eigenvalue weighted by atomic mass is 32.1. The van der Waals surface area contributed by atoms with Crippen molar-refractivity contribution in [1.82, 2.24) is 10.3 Å². The van der Waals surface area contributed by atoms with Gasteiger partial charge in [0.1, 0.15) is 10.7 Å². The second-order valence-electron chi connectivity index (χ2n) is 3.58. The third-order valence-electron chi connectivity index (χ3n) is 2.38. The van der Waals surface area contributed by atoms with Gasteiger partial charge >= 0.3 is 0 Å². The van der Waals surface area contributed by atoms with Crippen molar-refractivity contribution < 1.29 is 4.79 Å². The lowest BCUT2D eigenvalue weighted by atomic mass is 10.2. The number of nitrogens with one attached hydrogen (secondary N) is 1. The molecule has 6 heteroatoms. The smallest absolute Gasteiger partial charge is 0.221 e. The maximum absolute atomic E-state index is 11.2. The number of hydrogen-bond donors (Lipinski definition) is 2. The molecule has 3 N–H and O–H groups in total. The molecule has 0 unspecified atom stereocenters. The number of rotatable bonds is 5. The van der Waals surface area contributed by atoms with Crippen LogP contribution in [0, 0.1) is 0 Å². The predicted molar refractivity (Wildman–Crippen MR) is 72.1 cm³/mol. The van der Waals surface area contributed by atoms with Crippen molar-refractivity contribution in [2.24, 2.45) is 5.73 Å². The number of hydrogen-bond acceptors (Lipinski definition) is 4. The van der Waals surface area contributed by atoms with Gasteiger partial charge in [-0.15, -0.1) is 0 Å². The molecule has 1 heterocycles. The number of aromatic nitrogens is 1. The zero-order valence-corrected chi connectivity index (χ0v) is 10.8. The van der Waals surface area contributed by atoms with Gasteiger partial charge in [-0.1, -0.05) is 12.2 Å². The van der Waals surface area contributed by atoms with Crippen molar-refractivity contribution in [3.05, 3.63) is 24.0 Å². The molecule has 0 radical (unpaired) electrons. The number of amides is 1. The summed E-state index contributed by atoms with van der Waals surface area (Å²) in [6.45, 7) is 0.584. The summed E-state index contributed by atoms with van der Waals surface area (Å²) in [7, 11) is 3.49. The van der Waals surface area contributed by atoms with E-state index >= 15 is 0 Å². The fraction of sp³-hybridized carbons (Fsp3) is 0.364. The molecule has 92 valence electrons. The first-order valence-corrected chi connectivity index (χ1v) is 5.63. The van der Waals surface area contributed by atoms with Crippen LogP contribution in [0.5, 0.6) is 0 Å². The van der Waals surface area contributed by atoms with Crippen LogP contribution in [0.3, 0.4) is 0 Å². The summed E-state index contributed by atoms with van der Waals surface area (Å²) >= 11 is 4.94. The van der Waals surface area contributed by atoms with Gasteiger partial charge in [0.15, 0.2) is 0 Å². The minimum atomic E-state index is -0.00221. The maximum atomic E-state index is 11.2. The monoisotopic (exact) mass is 252 g/mol. The fourth-order valence-corrected chi connectivity index (χ4v) is 1.57. The van der Waals surface area contributed by atoms with Crippen molar-refractivity contribution in [1.29, 1.82) is 0 Å². The average Bonchev–Trinajstić information content (AvgIpc) is 2.35. The van der Waals surface area contributed by atoms with E-state index in [1.807, 2.05) is 24.1 Å². The molecule has 1 amide bonds. The zero-order valence-electron chi connectivity index (χ0n) is 9.93. The summed E-state index contributed by atoms with van der Waals surface area (Å²) in [6.07, 6.45) is 2.06. The molecule has 0 aliphatic carbocycles. The summed E-state index contributed by atoms with van der Waals surface area (Å²) in [5.74, 6) is -0.00221. The molecule has 0 aliphatic heterocycles. The minimum Gasteiger partial charge on any atom is -0.388 e. The molecule has 5 nitrogen and oxygen atoms in total. The number of pyridine rings is 1. The number of anilines is 1. The Kier molecular flexibility index (Phi) is 4.84. The largest absolute Gasteiger partial charge is 0.388 e. The van der Waals surface area contributed by atoms with Gasteiger partial charge in [-0.05, 0) is 12.1 Å². The molecule has 0 saturated heterocycles. The van der Waals surface area contributed by atoms with Gasteiger partial charge < -0.3 is 16.0 Å². The molecule has 0 atom stereocenters. The van der Waals surface area contributed by atoms with E-state index in [4.69, 9.17) is 18.0 Å². The van der Waals surface area contributed by atoms with Crippen LogP contribution in [0.15, 0.2) is 18.3 Å². The zero-order chi connectivity index (χ0) is 12.8. The van der Waals surface area contributed by atoms with Crippen molar-refractivity contribution in [3.8, 4) is 0 Å². The third-order valence-corrected chi connectivity index (χ3v) is 2.58. The van der Waals surface area contributed by atoms with Gasteiger partial charge in [-0.2, -0.15) is 0 Å². The van der Waals surface area contributed by atoms with Gasteiger partial charge in [-0.25, -0.2) is 0 Å². The Bertz CT molecular complexity index is 422. The first-order valence-electron chi connectivity index (χ1n) is 5.22. The molecular weight excluding hydrogens is 236 g/mol. The highest BCUT2D eigenvalue weighted by Gasteiger charge is 2.11. The van der Waals surface area contributed by atoms with Crippen molar-refractivity contribution in [2.75, 3.05) is 25.5 Å². The van der Waals surface area contributed by atoms with Gasteiger partial charge in [0.2, 0.25) is 5.91 Å². The fourth-order valence-electron chi connectivity index (χ4n) is 1.41. The van der Waals surface area contributed by atoms with E-state index in [0.29, 0.717) is 18.7 Å². The number of thiocarbonyl (C=S) groups is 1. The maximum Gasteiger partial charge on any atom is 0.221 e. The SMILES string of the molecule is CNC(=O)CCN(C)c1cccnc1C(N)=S. The first kappa shape index (κ1) is 13.4. The van der Waals surface area contributed by atoms with Gasteiger partial charge in [-0.3, -0.25) is 9.78 Å². The Morgan fingerprint density at radius 2 is 2.35 bits per heavy atom. The standard InChI is InChI=1S/C11H16N4OS/c1-13-9(16)5-7-15(2)8-4-3-6-14-10(8)11(12)17/h3-4,6H,5,7H2,1-2H3,(H2,12,17)(H,13,16). The van der Waals surface area contributed by atoms with Crippen LogP contribution < -0.4 is 16.0 Å². The second kappa shape index (κ2) is 6.15. The molecule has 1 aromatic heterocycles. The summed E-state index contributed by atoms with van der Waals surface area (Å²) < 4.78 is 0. The van der Waals surface area contributed by atoms with E-state index < -0.39 is 0 Å². The normalized spacial score (nSPS) is 9.76. The molecule has 0 bridgehead atoms. The van der Waals surface area contributed by atoms with Crippen LogP contribution in [0.2, 0.25) is 0 Å². The number of nitrogens with zero attached hydrogens (tertiary/aromatic N) is 2. The lowest BCUT2D eigenvalue weighted by Crippen LogP contribution is -2.28. The van der Waals surface area contributed by atoms with Crippen molar-refractivity contribution in [3.63, 3.8) is 0 Å². The number of carbonyl (C=O) groups excluding carboxylic acids is 1. The summed E-state index contributed by atoms with van der Waals surface area (Å²) in [5.41, 5.74) is 7.02. The van der Waals surface area contributed by atoms with E-state index in [2.05, 4.69) is 10.3 Å². The van der Waals surface area contributed by atoms with Crippen LogP contribution in [-0.2, 0) is 4.79 Å². The van der Waals surface area contributed by atoms with E-state index in [-0.39, 0.29) is 10.9 Å². The van der Waals surface area contributed by atoms with Crippen LogP contribution in [0.25, 0.3) is 0 Å². The lowest BCUT2D eigenvalue weighted by Gasteiger charge is -2.20. The molecule has 1 aromatic rings. The molecule has 0 spiro atoms. The van der Waals surface area contributed by atoms with Crippen LogP contribution >= 0.6 is 12.2 Å². The molecule has 0 fully saturated rings. The van der Waals surface area contributed by atoms with E-state index in [1.165, 1.54) is 0 Å². The van der Waals surface area contributed by atoms with Gasteiger partial charge in [0.05, 0.1) is 5.69 Å². The average molecular weight is 252 g/mol. The summed E-state index contributed by atoms with van der Waals surface area (Å²) in [5, 5.41) is 2.58. The summed E-state index contributed by atoms with van der Waals surface area (Å²) in [6, 6.07) is 3.69. The van der Waals surface area contributed by atoms with Gasteiger partial charge in [0.25, 0.3) is 0 Å². The molecule has 0 saturated carbocycles. The van der Waals surface area contributed by atoms with E-state index in [1.54, 1.807) is 13.2 Å². The minimum absolute atomic E-state index is 0.00221. The van der Waals surface area contributed by atoms with E-state index in [0.717, 1.165) is 5.69 Å². The quantitative estimate of drug-likeness (QED) is 0.737. The summed E-state index contributed by atoms with van der Waals surface area (Å²) in [4.78, 5) is 17.5. The highest BCUT2D eigenvalue weighted by molar-refractivity contribution is 7.80. The van der Waals surface area contributed by atoms with E-state index in [9.17, 15) is 4.79 Å². The lowest BCUT2D eigenvalue weighted by molar-refractivity contribution is -0.120. The Hall–Kier alpha value is -1.69. The van der Waals surface area contributed by atoms with Crippen LogP contribution in [0.4, 0.5) is 5.69 Å². The topological polar surface area (TPSA) is 71.2 Å². The Morgan fingerprint density at radius 3 is 2.94 bits per heavy atom. The molecule has 1 rings (SSSR count). The van der Waals surface area contributed by atoms with Crippen LogP contribution in [-0.4, -0.2) is 36.5 Å². The van der Waals surface area contributed by atoms with Crippen molar-refractivity contribution in [2.45, 2.75) is 6.42 Å². The number of nitrogens with two attached hydrogens (primary N) is 1. The number of carbonyl (C=O) groups is 1. The Balaban J connectivity index is 2.78. The van der Waals surface area contributed by atoms with Crippen molar-refractivity contribution >= 4 is 28.8 Å².